The molecule has 0 saturated heterocycles. The minimum absolute atomic E-state index is 0.0551. The molecule has 0 radical (unpaired) electrons. The van der Waals surface area contributed by atoms with Crippen LogP contribution in [0.4, 0.5) is 5.69 Å². The second-order valence-corrected chi connectivity index (χ2v) is 4.75. The van der Waals surface area contributed by atoms with Crippen LogP contribution < -0.4 is 10.6 Å². The van der Waals surface area contributed by atoms with Crippen molar-refractivity contribution >= 4 is 11.6 Å². The molecule has 0 aromatic heterocycles. The van der Waals surface area contributed by atoms with Crippen molar-refractivity contribution in [3.63, 3.8) is 0 Å². The third-order valence-corrected chi connectivity index (χ3v) is 3.37. The minimum atomic E-state index is -0.0551. The van der Waals surface area contributed by atoms with Gasteiger partial charge in [-0.25, -0.2) is 0 Å². The topological polar surface area (TPSA) is 41.1 Å². The van der Waals surface area contributed by atoms with Crippen LogP contribution in [0.2, 0.25) is 0 Å². The van der Waals surface area contributed by atoms with Gasteiger partial charge in [0.25, 0.3) is 5.91 Å². The summed E-state index contributed by atoms with van der Waals surface area (Å²) in [7, 11) is 0. The molecule has 3 nitrogen and oxygen atoms in total. The van der Waals surface area contributed by atoms with E-state index in [1.54, 1.807) is 6.08 Å². The maximum Gasteiger partial charge on any atom is 0.251 e. The molecular formula is C15H20N2O. The van der Waals surface area contributed by atoms with Gasteiger partial charge in [0.05, 0.1) is 0 Å². The Morgan fingerprint density at radius 2 is 2.06 bits per heavy atom. The Bertz CT molecular complexity index is 407. The van der Waals surface area contributed by atoms with E-state index in [9.17, 15) is 4.79 Å². The van der Waals surface area contributed by atoms with E-state index in [-0.39, 0.29) is 5.91 Å². The van der Waals surface area contributed by atoms with Crippen molar-refractivity contribution in [1.29, 1.82) is 0 Å². The molecule has 0 bridgehead atoms. The Hall–Kier alpha value is -1.77. The highest BCUT2D eigenvalue weighted by Crippen LogP contribution is 2.26. The van der Waals surface area contributed by atoms with Gasteiger partial charge < -0.3 is 10.6 Å². The highest BCUT2D eigenvalue weighted by Gasteiger charge is 2.16. The summed E-state index contributed by atoms with van der Waals surface area (Å²) in [5.74, 6) is 0.779. The minimum Gasteiger partial charge on any atom is -0.385 e. The molecule has 3 heteroatoms. The van der Waals surface area contributed by atoms with E-state index < -0.39 is 0 Å². The zero-order chi connectivity index (χ0) is 12.8. The Labute approximate surface area is 108 Å². The van der Waals surface area contributed by atoms with E-state index in [2.05, 4.69) is 17.2 Å². The molecule has 1 fully saturated rings. The van der Waals surface area contributed by atoms with Crippen molar-refractivity contribution in [3.05, 3.63) is 42.5 Å². The average molecular weight is 244 g/mol. The number of benzene rings is 1. The predicted octanol–water partition coefficient (Wildman–Crippen LogP) is 2.81. The van der Waals surface area contributed by atoms with Crippen molar-refractivity contribution in [2.24, 2.45) is 5.92 Å². The summed E-state index contributed by atoms with van der Waals surface area (Å²) in [6, 6.07) is 7.62. The zero-order valence-corrected chi connectivity index (χ0v) is 10.6. The van der Waals surface area contributed by atoms with Crippen molar-refractivity contribution in [2.75, 3.05) is 18.4 Å². The summed E-state index contributed by atoms with van der Waals surface area (Å²) in [5, 5.41) is 6.17. The van der Waals surface area contributed by atoms with Crippen LogP contribution in [0.25, 0.3) is 0 Å². The number of carbonyl (C=O) groups excluding carboxylic acids is 1. The lowest BCUT2D eigenvalue weighted by molar-refractivity contribution is 0.0958. The molecule has 0 spiro atoms. The van der Waals surface area contributed by atoms with Crippen LogP contribution in [-0.2, 0) is 0 Å². The molecule has 2 N–H and O–H groups in total. The molecule has 0 unspecified atom stereocenters. The molecule has 1 aromatic carbocycles. The van der Waals surface area contributed by atoms with Gasteiger partial charge in [-0.1, -0.05) is 12.5 Å². The molecule has 2 rings (SSSR count). The van der Waals surface area contributed by atoms with E-state index >= 15 is 0 Å². The molecule has 1 aliphatic rings. The van der Waals surface area contributed by atoms with Crippen LogP contribution in [-0.4, -0.2) is 19.0 Å². The second-order valence-electron chi connectivity index (χ2n) is 4.75. The highest BCUT2D eigenvalue weighted by molar-refractivity contribution is 5.94. The molecule has 0 atom stereocenters. The first-order valence-electron chi connectivity index (χ1n) is 6.52. The van der Waals surface area contributed by atoms with Crippen LogP contribution >= 0.6 is 0 Å². The first kappa shape index (κ1) is 12.7. The molecule has 0 heterocycles. The quantitative estimate of drug-likeness (QED) is 0.755. The van der Waals surface area contributed by atoms with Gasteiger partial charge in [0.2, 0.25) is 0 Å². The Balaban J connectivity index is 1.83. The van der Waals surface area contributed by atoms with E-state index in [1.165, 1.54) is 19.3 Å². The summed E-state index contributed by atoms with van der Waals surface area (Å²) in [5.41, 5.74) is 1.77. The Kier molecular flexibility index (Phi) is 4.40. The van der Waals surface area contributed by atoms with E-state index in [4.69, 9.17) is 0 Å². The van der Waals surface area contributed by atoms with Gasteiger partial charge >= 0.3 is 0 Å². The lowest BCUT2D eigenvalue weighted by Gasteiger charge is -2.25. The summed E-state index contributed by atoms with van der Waals surface area (Å²) < 4.78 is 0. The van der Waals surface area contributed by atoms with Crippen LogP contribution in [0.1, 0.15) is 29.6 Å². The number of anilines is 1. The third kappa shape index (κ3) is 3.36. The van der Waals surface area contributed by atoms with E-state index in [0.29, 0.717) is 12.1 Å². The predicted molar refractivity (Wildman–Crippen MR) is 74.8 cm³/mol. The number of nitrogens with one attached hydrogen (secondary N) is 2. The summed E-state index contributed by atoms with van der Waals surface area (Å²) >= 11 is 0. The Morgan fingerprint density at radius 1 is 1.33 bits per heavy atom. The van der Waals surface area contributed by atoms with Gasteiger partial charge in [-0.2, -0.15) is 0 Å². The lowest BCUT2D eigenvalue weighted by Crippen LogP contribution is -2.23. The Morgan fingerprint density at radius 3 is 2.61 bits per heavy atom. The van der Waals surface area contributed by atoms with Gasteiger partial charge in [-0.05, 0) is 43.0 Å². The average Bonchev–Trinajstić information content (AvgIpc) is 2.35. The summed E-state index contributed by atoms with van der Waals surface area (Å²) in [6.45, 7) is 5.11. The van der Waals surface area contributed by atoms with Gasteiger partial charge in [0.1, 0.15) is 0 Å². The fourth-order valence-corrected chi connectivity index (χ4v) is 1.97. The van der Waals surface area contributed by atoms with E-state index in [0.717, 1.165) is 18.2 Å². The lowest BCUT2D eigenvalue weighted by atomic mass is 9.85. The first-order chi connectivity index (χ1) is 8.79. The van der Waals surface area contributed by atoms with Crippen LogP contribution in [0.15, 0.2) is 36.9 Å². The number of hydrogen-bond acceptors (Lipinski definition) is 2. The molecule has 0 aliphatic heterocycles. The first-order valence-corrected chi connectivity index (χ1v) is 6.52. The maximum absolute atomic E-state index is 11.7. The number of hydrogen-bond donors (Lipinski definition) is 2. The summed E-state index contributed by atoms with van der Waals surface area (Å²) in [6.07, 6.45) is 5.73. The fraction of sp³-hybridized carbons (Fsp3) is 0.400. The van der Waals surface area contributed by atoms with Crippen molar-refractivity contribution in [3.8, 4) is 0 Å². The van der Waals surface area contributed by atoms with Gasteiger partial charge in [0.15, 0.2) is 0 Å². The zero-order valence-electron chi connectivity index (χ0n) is 10.6. The molecule has 1 aliphatic carbocycles. The maximum atomic E-state index is 11.7. The molecule has 1 saturated carbocycles. The van der Waals surface area contributed by atoms with Gasteiger partial charge in [0, 0.05) is 24.3 Å². The molecule has 1 aromatic rings. The van der Waals surface area contributed by atoms with Crippen LogP contribution in [0.3, 0.4) is 0 Å². The fourth-order valence-electron chi connectivity index (χ4n) is 1.97. The second kappa shape index (κ2) is 6.24. The normalized spacial score (nSPS) is 14.7. The molecular weight excluding hydrogens is 224 g/mol. The van der Waals surface area contributed by atoms with Gasteiger partial charge in [-0.3, -0.25) is 4.79 Å². The van der Waals surface area contributed by atoms with Crippen molar-refractivity contribution < 1.29 is 4.79 Å². The number of carbonyl (C=O) groups is 1. The standard InChI is InChI=1S/C15H20N2O/c1-2-10-16-15(18)13-6-8-14(9-7-13)17-11-12-4-3-5-12/h2,6-9,12,17H,1,3-5,10-11H2,(H,16,18). The molecule has 1 amide bonds. The van der Waals surface area contributed by atoms with Gasteiger partial charge in [-0.15, -0.1) is 6.58 Å². The smallest absolute Gasteiger partial charge is 0.251 e. The summed E-state index contributed by atoms with van der Waals surface area (Å²) in [4.78, 5) is 11.7. The van der Waals surface area contributed by atoms with E-state index in [1.807, 2.05) is 24.3 Å². The van der Waals surface area contributed by atoms with Crippen LogP contribution in [0.5, 0.6) is 0 Å². The number of rotatable bonds is 6. The monoisotopic (exact) mass is 244 g/mol. The van der Waals surface area contributed by atoms with Crippen LogP contribution in [0, 0.1) is 5.92 Å². The molecule has 18 heavy (non-hydrogen) atoms. The number of amides is 1. The largest absolute Gasteiger partial charge is 0.385 e. The molecule has 96 valence electrons. The van der Waals surface area contributed by atoms with Crippen molar-refractivity contribution in [1.82, 2.24) is 5.32 Å². The SMILES string of the molecule is C=CCNC(=O)c1ccc(NCC2CCC2)cc1. The third-order valence-electron chi connectivity index (χ3n) is 3.37. The van der Waals surface area contributed by atoms with Crippen molar-refractivity contribution in [2.45, 2.75) is 19.3 Å². The highest BCUT2D eigenvalue weighted by atomic mass is 16.1.